The molecule has 0 unspecified atom stereocenters. The van der Waals surface area contributed by atoms with Crippen molar-refractivity contribution in [2.75, 3.05) is 5.32 Å². The zero-order valence-corrected chi connectivity index (χ0v) is 16.9. The highest BCUT2D eigenvalue weighted by Crippen LogP contribution is 2.34. The van der Waals surface area contributed by atoms with Gasteiger partial charge in [0.05, 0.1) is 10.2 Å². The first-order valence-corrected chi connectivity index (χ1v) is 10.5. The molecule has 1 amide bonds. The molecule has 3 rings (SSSR count). The van der Waals surface area contributed by atoms with Gasteiger partial charge in [0, 0.05) is 30.3 Å². The number of nitrogens with zero attached hydrogens (tertiary/aromatic N) is 4. The van der Waals surface area contributed by atoms with Gasteiger partial charge in [-0.15, -0.1) is 10.2 Å². The van der Waals surface area contributed by atoms with Crippen LogP contribution >= 0.6 is 11.8 Å². The number of amides is 1. The van der Waals surface area contributed by atoms with Crippen molar-refractivity contribution in [1.82, 2.24) is 14.8 Å². The summed E-state index contributed by atoms with van der Waals surface area (Å²) in [6.45, 7) is 4.67. The topological polar surface area (TPSA) is 103 Å². The van der Waals surface area contributed by atoms with Crippen LogP contribution in [0.15, 0.2) is 29.4 Å². The summed E-state index contributed by atoms with van der Waals surface area (Å²) in [4.78, 5) is 22.8. The van der Waals surface area contributed by atoms with Crippen molar-refractivity contribution in [2.45, 2.75) is 68.8 Å². The fourth-order valence-electron chi connectivity index (χ4n) is 3.47. The maximum Gasteiger partial charge on any atom is 0.269 e. The third-order valence-electron chi connectivity index (χ3n) is 5.03. The van der Waals surface area contributed by atoms with Gasteiger partial charge in [0.25, 0.3) is 5.69 Å². The van der Waals surface area contributed by atoms with Crippen LogP contribution in [0.2, 0.25) is 0 Å². The lowest BCUT2D eigenvalue weighted by Crippen LogP contribution is -2.23. The lowest BCUT2D eigenvalue weighted by molar-refractivity contribution is -0.384. The van der Waals surface area contributed by atoms with Gasteiger partial charge in [-0.1, -0.05) is 31.0 Å². The second kappa shape index (κ2) is 9.18. The second-order valence-electron chi connectivity index (χ2n) is 6.97. The van der Waals surface area contributed by atoms with Crippen LogP contribution in [0.4, 0.5) is 11.4 Å². The lowest BCUT2D eigenvalue weighted by Gasteiger charge is -2.21. The predicted molar refractivity (Wildman–Crippen MR) is 109 cm³/mol. The molecular weight excluding hydrogens is 378 g/mol. The summed E-state index contributed by atoms with van der Waals surface area (Å²) in [5, 5.41) is 22.7. The molecule has 9 heteroatoms. The Hall–Kier alpha value is -2.42. The quantitative estimate of drug-likeness (QED) is 0.418. The van der Waals surface area contributed by atoms with Gasteiger partial charge in [0.15, 0.2) is 5.16 Å². The van der Waals surface area contributed by atoms with Gasteiger partial charge in [-0.3, -0.25) is 14.9 Å². The lowest BCUT2D eigenvalue weighted by atomic mass is 9.89. The summed E-state index contributed by atoms with van der Waals surface area (Å²) >= 11 is 1.38. The van der Waals surface area contributed by atoms with E-state index >= 15 is 0 Å². The molecule has 0 saturated heterocycles. The Balaban J connectivity index is 1.64. The number of benzene rings is 1. The first-order chi connectivity index (χ1) is 13.5. The molecule has 0 spiro atoms. The number of thioether (sulfide) groups is 1. The highest BCUT2D eigenvalue weighted by atomic mass is 32.2. The maximum absolute atomic E-state index is 12.5. The monoisotopic (exact) mass is 403 g/mol. The third-order valence-corrected chi connectivity index (χ3v) is 6.11. The van der Waals surface area contributed by atoms with Crippen LogP contribution in [0.5, 0.6) is 0 Å². The first-order valence-electron chi connectivity index (χ1n) is 9.64. The molecule has 28 heavy (non-hydrogen) atoms. The summed E-state index contributed by atoms with van der Waals surface area (Å²) in [6.07, 6.45) is 6.06. The van der Waals surface area contributed by atoms with E-state index in [0.29, 0.717) is 11.6 Å². The van der Waals surface area contributed by atoms with Crippen LogP contribution in [-0.4, -0.2) is 30.8 Å². The molecule has 1 aromatic heterocycles. The molecule has 1 aliphatic carbocycles. The second-order valence-corrected chi connectivity index (χ2v) is 8.28. The number of hydrogen-bond acceptors (Lipinski definition) is 6. The average Bonchev–Trinajstić information content (AvgIpc) is 3.11. The van der Waals surface area contributed by atoms with Crippen LogP contribution in [0.1, 0.15) is 57.7 Å². The number of nitro benzene ring substituents is 1. The smallest absolute Gasteiger partial charge is 0.269 e. The number of carbonyl (C=O) groups excluding carboxylic acids is 1. The molecule has 1 saturated carbocycles. The molecule has 150 valence electrons. The number of carbonyl (C=O) groups is 1. The minimum atomic E-state index is -0.467. The number of nitro groups is 1. The van der Waals surface area contributed by atoms with Crippen molar-refractivity contribution in [3.8, 4) is 0 Å². The summed E-state index contributed by atoms with van der Waals surface area (Å²) < 4.78 is 2.12. The van der Waals surface area contributed by atoms with Crippen molar-refractivity contribution in [2.24, 2.45) is 0 Å². The predicted octanol–water partition coefficient (Wildman–Crippen LogP) is 4.37. The average molecular weight is 404 g/mol. The van der Waals surface area contributed by atoms with Crippen molar-refractivity contribution in [1.29, 1.82) is 0 Å². The molecule has 1 aliphatic rings. The number of hydrogen-bond donors (Lipinski definition) is 1. The maximum atomic E-state index is 12.5. The van der Waals surface area contributed by atoms with Crippen LogP contribution in [-0.2, 0) is 11.3 Å². The molecule has 1 fully saturated rings. The van der Waals surface area contributed by atoms with Crippen molar-refractivity contribution in [3.05, 3.63) is 40.2 Å². The summed E-state index contributed by atoms with van der Waals surface area (Å²) in [5.74, 6) is 1.32. The zero-order chi connectivity index (χ0) is 20.1. The van der Waals surface area contributed by atoms with Gasteiger partial charge < -0.3 is 9.88 Å². The highest BCUT2D eigenvalue weighted by molar-refractivity contribution is 8.00. The Kier molecular flexibility index (Phi) is 6.66. The number of anilines is 1. The van der Waals surface area contributed by atoms with Crippen LogP contribution in [0.25, 0.3) is 0 Å². The van der Waals surface area contributed by atoms with Gasteiger partial charge in [0.2, 0.25) is 5.91 Å². The molecule has 1 aromatic carbocycles. The number of nitrogens with one attached hydrogen (secondary N) is 1. The summed E-state index contributed by atoms with van der Waals surface area (Å²) in [7, 11) is 0. The van der Waals surface area contributed by atoms with E-state index in [1.165, 1.54) is 55.3 Å². The largest absolute Gasteiger partial charge is 0.325 e. The van der Waals surface area contributed by atoms with Gasteiger partial charge in [-0.05, 0) is 38.8 Å². The minimum Gasteiger partial charge on any atom is -0.325 e. The van der Waals surface area contributed by atoms with E-state index in [1.54, 1.807) is 0 Å². The van der Waals surface area contributed by atoms with E-state index in [2.05, 4.69) is 27.0 Å². The van der Waals surface area contributed by atoms with Gasteiger partial charge >= 0.3 is 0 Å². The molecule has 0 aliphatic heterocycles. The van der Waals surface area contributed by atoms with Crippen molar-refractivity contribution >= 4 is 29.0 Å². The molecule has 2 aromatic rings. The zero-order valence-electron chi connectivity index (χ0n) is 16.1. The van der Waals surface area contributed by atoms with Crippen LogP contribution < -0.4 is 5.32 Å². The Morgan fingerprint density at radius 2 is 1.96 bits per heavy atom. The number of rotatable bonds is 7. The van der Waals surface area contributed by atoms with E-state index in [0.717, 1.165) is 30.4 Å². The van der Waals surface area contributed by atoms with E-state index in [-0.39, 0.29) is 16.8 Å². The van der Waals surface area contributed by atoms with Crippen LogP contribution in [0.3, 0.4) is 0 Å². The van der Waals surface area contributed by atoms with E-state index in [9.17, 15) is 14.9 Å². The van der Waals surface area contributed by atoms with Gasteiger partial charge in [-0.2, -0.15) is 0 Å². The Labute approximate surface area is 168 Å². The molecule has 1 N–H and O–H groups in total. The molecule has 1 heterocycles. The summed E-state index contributed by atoms with van der Waals surface area (Å²) in [6, 6.07) is 5.81. The van der Waals surface area contributed by atoms with Crippen molar-refractivity contribution < 1.29 is 9.72 Å². The molecule has 0 radical (unpaired) electrons. The summed E-state index contributed by atoms with van der Waals surface area (Å²) in [5.41, 5.74) is 0.523. The molecule has 0 bridgehead atoms. The Bertz CT molecular complexity index is 831. The molecule has 8 nitrogen and oxygen atoms in total. The van der Waals surface area contributed by atoms with E-state index < -0.39 is 4.92 Å². The Morgan fingerprint density at radius 3 is 2.57 bits per heavy atom. The molecular formula is C19H25N5O3S. The third kappa shape index (κ3) is 4.70. The first kappa shape index (κ1) is 20.3. The van der Waals surface area contributed by atoms with Crippen LogP contribution in [0, 0.1) is 10.1 Å². The number of aromatic nitrogens is 3. The Morgan fingerprint density at radius 1 is 1.29 bits per heavy atom. The SMILES string of the molecule is CCn1c(S[C@@H](C)C(=O)Nc2ccc([N+](=O)[O-])cc2)nnc1C1CCCCC1. The van der Waals surface area contributed by atoms with E-state index in [1.807, 2.05) is 6.92 Å². The fraction of sp³-hybridized carbons (Fsp3) is 0.526. The standard InChI is InChI=1S/C19H25N5O3S/c1-3-23-17(14-7-5-4-6-8-14)21-22-19(23)28-13(2)18(25)20-15-9-11-16(12-10-15)24(26)27/h9-14H,3-8H2,1-2H3,(H,20,25)/t13-/m0/s1. The van der Waals surface area contributed by atoms with Crippen molar-refractivity contribution in [3.63, 3.8) is 0 Å². The fourth-order valence-corrected chi connectivity index (χ4v) is 4.39. The minimum absolute atomic E-state index is 0.00767. The highest BCUT2D eigenvalue weighted by Gasteiger charge is 2.25. The van der Waals surface area contributed by atoms with E-state index in [4.69, 9.17) is 0 Å². The van der Waals surface area contributed by atoms with Gasteiger partial charge in [-0.25, -0.2) is 0 Å². The number of non-ortho nitro benzene ring substituents is 1. The molecule has 1 atom stereocenters. The normalized spacial score (nSPS) is 15.9. The van der Waals surface area contributed by atoms with Gasteiger partial charge in [0.1, 0.15) is 5.82 Å².